The van der Waals surface area contributed by atoms with Crippen molar-refractivity contribution >= 4 is 11.6 Å². The first-order valence-electron chi connectivity index (χ1n) is 7.10. The third kappa shape index (κ3) is 3.87. The Morgan fingerprint density at radius 2 is 2.21 bits per heavy atom. The first-order valence-corrected chi connectivity index (χ1v) is 7.48. The van der Waals surface area contributed by atoms with Crippen molar-refractivity contribution in [2.75, 3.05) is 7.11 Å². The zero-order valence-electron chi connectivity index (χ0n) is 11.7. The third-order valence-corrected chi connectivity index (χ3v) is 4.43. The molecule has 106 valence electrons. The van der Waals surface area contributed by atoms with E-state index in [1.807, 2.05) is 18.2 Å². The van der Waals surface area contributed by atoms with Crippen molar-refractivity contribution in [2.24, 2.45) is 11.8 Å². The molecule has 0 aromatic heterocycles. The van der Waals surface area contributed by atoms with E-state index in [-0.39, 0.29) is 6.10 Å². The molecule has 3 atom stereocenters. The Bertz CT molecular complexity index is 419. The highest BCUT2D eigenvalue weighted by Gasteiger charge is 2.26. The number of methoxy groups -OCH3 is 1. The van der Waals surface area contributed by atoms with Gasteiger partial charge in [-0.15, -0.1) is 0 Å². The normalized spacial score (nSPS) is 25.1. The molecule has 1 aliphatic carbocycles. The fourth-order valence-electron chi connectivity index (χ4n) is 3.13. The van der Waals surface area contributed by atoms with Gasteiger partial charge in [-0.2, -0.15) is 0 Å². The largest absolute Gasteiger partial charge is 0.496 e. The molecule has 2 rings (SSSR count). The minimum Gasteiger partial charge on any atom is -0.496 e. The average molecular weight is 283 g/mol. The van der Waals surface area contributed by atoms with Gasteiger partial charge in [-0.25, -0.2) is 0 Å². The van der Waals surface area contributed by atoms with Gasteiger partial charge in [0, 0.05) is 11.4 Å². The quantitative estimate of drug-likeness (QED) is 0.902. The van der Waals surface area contributed by atoms with Crippen molar-refractivity contribution in [1.82, 2.24) is 0 Å². The highest BCUT2D eigenvalue weighted by Crippen LogP contribution is 2.33. The van der Waals surface area contributed by atoms with E-state index in [0.29, 0.717) is 17.4 Å². The molecule has 19 heavy (non-hydrogen) atoms. The number of hydrogen-bond donors (Lipinski definition) is 1. The molecule has 1 N–H and O–H groups in total. The highest BCUT2D eigenvalue weighted by atomic mass is 35.5. The van der Waals surface area contributed by atoms with Crippen molar-refractivity contribution in [3.05, 3.63) is 28.8 Å². The number of aliphatic hydroxyl groups excluding tert-OH is 1. The Morgan fingerprint density at radius 1 is 1.42 bits per heavy atom. The Labute approximate surface area is 120 Å². The van der Waals surface area contributed by atoms with E-state index in [1.54, 1.807) is 7.11 Å². The molecule has 0 radical (unpaired) electrons. The zero-order chi connectivity index (χ0) is 13.8. The Kier molecular flexibility index (Phi) is 5.12. The summed E-state index contributed by atoms with van der Waals surface area (Å²) in [5, 5.41) is 11.2. The molecule has 1 aromatic rings. The smallest absolute Gasteiger partial charge is 0.122 e. The van der Waals surface area contributed by atoms with Crippen molar-refractivity contribution in [1.29, 1.82) is 0 Å². The molecule has 0 saturated heterocycles. The monoisotopic (exact) mass is 282 g/mol. The molecular formula is C16H23ClO2. The van der Waals surface area contributed by atoms with Crippen LogP contribution in [0.4, 0.5) is 0 Å². The summed E-state index contributed by atoms with van der Waals surface area (Å²) in [6, 6.07) is 5.59. The predicted octanol–water partition coefficient (Wildman–Crippen LogP) is 4.08. The summed E-state index contributed by atoms with van der Waals surface area (Å²) in [5.41, 5.74) is 1.00. The Morgan fingerprint density at radius 3 is 2.89 bits per heavy atom. The van der Waals surface area contributed by atoms with Crippen molar-refractivity contribution in [2.45, 2.75) is 45.1 Å². The van der Waals surface area contributed by atoms with Gasteiger partial charge in [0.25, 0.3) is 0 Å². The molecule has 3 unspecified atom stereocenters. The number of benzene rings is 1. The third-order valence-electron chi connectivity index (χ3n) is 4.19. The van der Waals surface area contributed by atoms with Crippen molar-refractivity contribution in [3.63, 3.8) is 0 Å². The van der Waals surface area contributed by atoms with Gasteiger partial charge < -0.3 is 9.84 Å². The van der Waals surface area contributed by atoms with Gasteiger partial charge in [-0.3, -0.25) is 0 Å². The van der Waals surface area contributed by atoms with Gasteiger partial charge in [-0.05, 0) is 48.4 Å². The minimum atomic E-state index is -0.296. The molecule has 0 heterocycles. The van der Waals surface area contributed by atoms with Crippen LogP contribution >= 0.6 is 11.6 Å². The number of aliphatic hydroxyl groups is 1. The van der Waals surface area contributed by atoms with E-state index in [2.05, 4.69) is 6.92 Å². The molecule has 1 aliphatic rings. The standard InChI is InChI=1S/C16H23ClO2/c1-11-4-3-5-12(8-11)15(18)10-13-9-14(17)6-7-16(13)19-2/h6-7,9,11-12,15,18H,3-5,8,10H2,1-2H3. The summed E-state index contributed by atoms with van der Waals surface area (Å²) in [5.74, 6) is 1.95. The van der Waals surface area contributed by atoms with Gasteiger partial charge in [0.05, 0.1) is 13.2 Å². The van der Waals surface area contributed by atoms with Gasteiger partial charge in [0.15, 0.2) is 0 Å². The maximum atomic E-state index is 10.5. The molecule has 2 nitrogen and oxygen atoms in total. The number of rotatable bonds is 4. The lowest BCUT2D eigenvalue weighted by Gasteiger charge is -2.30. The SMILES string of the molecule is COc1ccc(Cl)cc1CC(O)C1CCCC(C)C1. The highest BCUT2D eigenvalue weighted by molar-refractivity contribution is 6.30. The molecule has 1 aromatic carbocycles. The Balaban J connectivity index is 2.05. The summed E-state index contributed by atoms with van der Waals surface area (Å²) in [4.78, 5) is 0. The van der Waals surface area contributed by atoms with E-state index in [1.165, 1.54) is 12.8 Å². The van der Waals surface area contributed by atoms with Crippen molar-refractivity contribution in [3.8, 4) is 5.75 Å². The van der Waals surface area contributed by atoms with Crippen LogP contribution in [0.3, 0.4) is 0 Å². The Hall–Kier alpha value is -0.730. The van der Waals surface area contributed by atoms with Gasteiger partial charge in [-0.1, -0.05) is 31.4 Å². The van der Waals surface area contributed by atoms with Crippen LogP contribution in [0.1, 0.15) is 38.2 Å². The van der Waals surface area contributed by atoms with Gasteiger partial charge in [0.2, 0.25) is 0 Å². The summed E-state index contributed by atoms with van der Waals surface area (Å²) in [6.07, 6.45) is 5.12. The molecule has 0 amide bonds. The van der Waals surface area contributed by atoms with Gasteiger partial charge in [0.1, 0.15) is 5.75 Å². The van der Waals surface area contributed by atoms with Crippen molar-refractivity contribution < 1.29 is 9.84 Å². The van der Waals surface area contributed by atoms with Crippen LogP contribution in [-0.4, -0.2) is 18.3 Å². The first-order chi connectivity index (χ1) is 9.10. The minimum absolute atomic E-state index is 0.296. The number of halogens is 1. The molecule has 1 fully saturated rings. The van der Waals surface area contributed by atoms with Crippen LogP contribution in [0.15, 0.2) is 18.2 Å². The number of ether oxygens (including phenoxy) is 1. The summed E-state index contributed by atoms with van der Waals surface area (Å²) < 4.78 is 5.34. The van der Waals surface area contributed by atoms with E-state index in [9.17, 15) is 5.11 Å². The lowest BCUT2D eigenvalue weighted by atomic mass is 9.78. The molecule has 0 spiro atoms. The first kappa shape index (κ1) is 14.7. The van der Waals surface area contributed by atoms with E-state index >= 15 is 0 Å². The van der Waals surface area contributed by atoms with Crippen LogP contribution in [0, 0.1) is 11.8 Å². The van der Waals surface area contributed by atoms with Gasteiger partial charge >= 0.3 is 0 Å². The summed E-state index contributed by atoms with van der Waals surface area (Å²) in [6.45, 7) is 2.28. The second-order valence-corrected chi connectivity index (χ2v) is 6.20. The number of hydrogen-bond acceptors (Lipinski definition) is 2. The molecule has 1 saturated carbocycles. The lowest BCUT2D eigenvalue weighted by molar-refractivity contribution is 0.0715. The predicted molar refractivity (Wildman–Crippen MR) is 78.8 cm³/mol. The van der Waals surface area contributed by atoms with Crippen LogP contribution in [-0.2, 0) is 6.42 Å². The second-order valence-electron chi connectivity index (χ2n) is 5.76. The fraction of sp³-hybridized carbons (Fsp3) is 0.625. The van der Waals surface area contributed by atoms with Crippen LogP contribution in [0.5, 0.6) is 5.75 Å². The van der Waals surface area contributed by atoms with E-state index < -0.39 is 0 Å². The molecule has 3 heteroatoms. The lowest BCUT2D eigenvalue weighted by Crippen LogP contribution is -2.27. The topological polar surface area (TPSA) is 29.5 Å². The summed E-state index contributed by atoms with van der Waals surface area (Å²) in [7, 11) is 1.65. The van der Waals surface area contributed by atoms with E-state index in [0.717, 1.165) is 30.1 Å². The summed E-state index contributed by atoms with van der Waals surface area (Å²) >= 11 is 6.03. The maximum Gasteiger partial charge on any atom is 0.122 e. The molecule has 0 aliphatic heterocycles. The maximum absolute atomic E-state index is 10.5. The second kappa shape index (κ2) is 6.62. The molecule has 0 bridgehead atoms. The van der Waals surface area contributed by atoms with Crippen LogP contribution in [0.25, 0.3) is 0 Å². The molecular weight excluding hydrogens is 260 g/mol. The average Bonchev–Trinajstić information content (AvgIpc) is 2.39. The van der Waals surface area contributed by atoms with E-state index in [4.69, 9.17) is 16.3 Å². The van der Waals surface area contributed by atoms with Crippen LogP contribution in [0.2, 0.25) is 5.02 Å². The zero-order valence-corrected chi connectivity index (χ0v) is 12.5. The van der Waals surface area contributed by atoms with Crippen LogP contribution < -0.4 is 4.74 Å². The fourth-order valence-corrected chi connectivity index (χ4v) is 3.32.